The molecule has 1 heterocycles. The molecule has 0 bridgehead atoms. The maximum absolute atomic E-state index is 11.9. The van der Waals surface area contributed by atoms with Gasteiger partial charge in [-0.05, 0) is 58.3 Å². The van der Waals surface area contributed by atoms with Crippen LogP contribution in [0.2, 0.25) is 0 Å². The second-order valence-electron chi connectivity index (χ2n) is 7.58. The lowest BCUT2D eigenvalue weighted by atomic mass is 9.85. The van der Waals surface area contributed by atoms with Crippen LogP contribution in [0.3, 0.4) is 0 Å². The van der Waals surface area contributed by atoms with Gasteiger partial charge in [0.05, 0.1) is 12.1 Å². The van der Waals surface area contributed by atoms with Crippen molar-refractivity contribution in [1.29, 1.82) is 0 Å². The van der Waals surface area contributed by atoms with Gasteiger partial charge in [0.2, 0.25) is 7.85 Å². The van der Waals surface area contributed by atoms with Crippen LogP contribution >= 0.6 is 0 Å². The van der Waals surface area contributed by atoms with E-state index in [0.717, 1.165) is 25.7 Å². The number of Topliss-reactive ketones (excluding diaryl/α,β-unsaturated/α-hetero) is 1. The van der Waals surface area contributed by atoms with E-state index in [1.165, 1.54) is 0 Å². The molecule has 1 aliphatic carbocycles. The zero-order chi connectivity index (χ0) is 16.7. The predicted octanol–water partition coefficient (Wildman–Crippen LogP) is 3.13. The topological polar surface area (TPSA) is 46.6 Å². The molecule has 0 spiro atoms. The van der Waals surface area contributed by atoms with Gasteiger partial charge in [-0.15, -0.1) is 0 Å². The summed E-state index contributed by atoms with van der Waals surface area (Å²) in [6.45, 7) is 9.74. The Labute approximate surface area is 135 Å². The number of rotatable bonds is 4. The molecule has 1 saturated heterocycles. The highest BCUT2D eigenvalue weighted by Gasteiger charge is 2.49. The lowest BCUT2D eigenvalue weighted by Crippen LogP contribution is -2.47. The Morgan fingerprint density at radius 2 is 1.95 bits per heavy atom. The average molecular weight is 305 g/mol. The first kappa shape index (κ1) is 17.5. The van der Waals surface area contributed by atoms with E-state index in [2.05, 4.69) is 13.8 Å². The number of nitrogens with zero attached hydrogens (tertiary/aromatic N) is 1. The van der Waals surface area contributed by atoms with E-state index in [9.17, 15) is 9.59 Å². The SMILES string of the molecule is [B]C(=O)N1[C@@H](CC)[C@@H](CC2CC(C)CC2C(C)=O)OC1(C)C. The van der Waals surface area contributed by atoms with Gasteiger partial charge < -0.3 is 9.64 Å². The fourth-order valence-corrected chi connectivity index (χ4v) is 4.61. The average Bonchev–Trinajstić information content (AvgIpc) is 2.86. The van der Waals surface area contributed by atoms with Crippen LogP contribution in [0.4, 0.5) is 4.79 Å². The van der Waals surface area contributed by atoms with Crippen LogP contribution in [-0.2, 0) is 9.53 Å². The van der Waals surface area contributed by atoms with E-state index in [0.29, 0.717) is 11.8 Å². The van der Waals surface area contributed by atoms with Crippen molar-refractivity contribution in [3.63, 3.8) is 0 Å². The highest BCUT2D eigenvalue weighted by atomic mass is 16.5. The van der Waals surface area contributed by atoms with E-state index in [4.69, 9.17) is 12.6 Å². The van der Waals surface area contributed by atoms with Gasteiger partial charge in [-0.1, -0.05) is 13.8 Å². The first-order valence-corrected chi connectivity index (χ1v) is 8.44. The molecule has 122 valence electrons. The van der Waals surface area contributed by atoms with Crippen molar-refractivity contribution in [2.75, 3.05) is 0 Å². The van der Waals surface area contributed by atoms with Crippen molar-refractivity contribution >= 4 is 19.4 Å². The first-order chi connectivity index (χ1) is 10.2. The normalized spacial score (nSPS) is 37.5. The van der Waals surface area contributed by atoms with E-state index in [1.807, 2.05) is 13.8 Å². The molecule has 4 nitrogen and oxygen atoms in total. The van der Waals surface area contributed by atoms with Crippen molar-refractivity contribution in [2.45, 2.75) is 78.2 Å². The number of hydrogen-bond donors (Lipinski definition) is 0. The fraction of sp³-hybridized carbons (Fsp3) is 0.882. The predicted molar refractivity (Wildman–Crippen MR) is 86.7 cm³/mol. The van der Waals surface area contributed by atoms with Gasteiger partial charge in [-0.25, -0.2) is 0 Å². The van der Waals surface area contributed by atoms with Crippen LogP contribution in [-0.4, -0.2) is 42.2 Å². The van der Waals surface area contributed by atoms with Crippen molar-refractivity contribution in [3.8, 4) is 0 Å². The Kier molecular flexibility index (Phi) is 5.05. The number of ether oxygens (including phenoxy) is 1. The Balaban J connectivity index is 2.15. The second-order valence-corrected chi connectivity index (χ2v) is 7.58. The molecule has 3 unspecified atom stereocenters. The molecule has 0 aromatic rings. The van der Waals surface area contributed by atoms with E-state index in [1.54, 1.807) is 11.8 Å². The van der Waals surface area contributed by atoms with Crippen LogP contribution in [0.25, 0.3) is 0 Å². The van der Waals surface area contributed by atoms with Gasteiger partial charge in [0.25, 0.3) is 0 Å². The monoisotopic (exact) mass is 305 g/mol. The summed E-state index contributed by atoms with van der Waals surface area (Å²) in [5.41, 5.74) is -0.673. The quantitative estimate of drug-likeness (QED) is 0.750. The van der Waals surface area contributed by atoms with Crippen molar-refractivity contribution in [3.05, 3.63) is 0 Å². The molecule has 2 rings (SSSR count). The molecule has 5 heteroatoms. The van der Waals surface area contributed by atoms with Gasteiger partial charge >= 0.3 is 0 Å². The molecule has 2 fully saturated rings. The third-order valence-electron chi connectivity index (χ3n) is 5.42. The molecule has 5 atom stereocenters. The lowest BCUT2D eigenvalue weighted by Gasteiger charge is -2.33. The zero-order valence-corrected chi connectivity index (χ0v) is 14.5. The summed E-state index contributed by atoms with van der Waals surface area (Å²) in [7, 11) is 5.56. The molecule has 0 aromatic carbocycles. The summed E-state index contributed by atoms with van der Waals surface area (Å²) in [6.07, 6.45) is 3.65. The van der Waals surface area contributed by atoms with Crippen molar-refractivity contribution in [2.24, 2.45) is 17.8 Å². The summed E-state index contributed by atoms with van der Waals surface area (Å²) in [5, 5.41) is 0. The fourth-order valence-electron chi connectivity index (χ4n) is 4.61. The summed E-state index contributed by atoms with van der Waals surface area (Å²) < 4.78 is 6.17. The summed E-state index contributed by atoms with van der Waals surface area (Å²) in [5.74, 6) is 0.936. The van der Waals surface area contributed by atoms with E-state index in [-0.39, 0.29) is 23.8 Å². The minimum Gasteiger partial charge on any atom is -0.351 e. The highest BCUT2D eigenvalue weighted by molar-refractivity contribution is 6.57. The van der Waals surface area contributed by atoms with Crippen molar-refractivity contribution < 1.29 is 14.3 Å². The third-order valence-corrected chi connectivity index (χ3v) is 5.42. The standard InChI is InChI=1S/C17H28BNO3/c1-6-14-15(22-17(4,5)19(14)16(18)21)9-12-7-10(2)8-13(12)11(3)20/h10,12-15H,6-9H2,1-5H3/t10?,12?,13?,14-,15+/m0/s1. The maximum atomic E-state index is 11.9. The highest BCUT2D eigenvalue weighted by Crippen LogP contribution is 2.43. The van der Waals surface area contributed by atoms with Gasteiger partial charge in [-0.2, -0.15) is 0 Å². The van der Waals surface area contributed by atoms with Crippen LogP contribution in [0, 0.1) is 17.8 Å². The molecule has 22 heavy (non-hydrogen) atoms. The second kappa shape index (κ2) is 6.35. The Morgan fingerprint density at radius 3 is 2.45 bits per heavy atom. The van der Waals surface area contributed by atoms with Gasteiger partial charge in [0, 0.05) is 5.92 Å². The Bertz CT molecular complexity index is 451. The zero-order valence-electron chi connectivity index (χ0n) is 14.5. The first-order valence-electron chi connectivity index (χ1n) is 8.44. The molecular formula is C17H28BNO3. The maximum Gasteiger partial charge on any atom is 0.200 e. The van der Waals surface area contributed by atoms with Gasteiger partial charge in [-0.3, -0.25) is 9.59 Å². The van der Waals surface area contributed by atoms with Gasteiger partial charge in [0.15, 0.2) is 5.81 Å². The number of carbonyl (C=O) groups is 2. The Hall–Kier alpha value is -0.835. The minimum atomic E-state index is -0.673. The summed E-state index contributed by atoms with van der Waals surface area (Å²) in [6, 6.07) is -0.00369. The number of carbonyl (C=O) groups excluding carboxylic acids is 2. The van der Waals surface area contributed by atoms with Crippen LogP contribution in [0.5, 0.6) is 0 Å². The molecule has 0 aromatic heterocycles. The molecular weight excluding hydrogens is 277 g/mol. The number of amides is 1. The van der Waals surface area contributed by atoms with E-state index < -0.39 is 11.5 Å². The molecule has 0 N–H and O–H groups in total. The summed E-state index contributed by atoms with van der Waals surface area (Å²) in [4.78, 5) is 25.4. The van der Waals surface area contributed by atoms with E-state index >= 15 is 0 Å². The molecule has 1 saturated carbocycles. The van der Waals surface area contributed by atoms with Gasteiger partial charge in [0.1, 0.15) is 11.5 Å². The summed E-state index contributed by atoms with van der Waals surface area (Å²) >= 11 is 0. The largest absolute Gasteiger partial charge is 0.351 e. The lowest BCUT2D eigenvalue weighted by molar-refractivity contribution is -0.122. The molecule has 2 aliphatic rings. The smallest absolute Gasteiger partial charge is 0.200 e. The number of ketones is 1. The van der Waals surface area contributed by atoms with Crippen LogP contribution in [0.15, 0.2) is 0 Å². The molecule has 2 radical (unpaired) electrons. The minimum absolute atomic E-state index is 0.00369. The molecule has 1 amide bonds. The van der Waals surface area contributed by atoms with Crippen LogP contribution in [0.1, 0.15) is 60.3 Å². The molecule has 1 aliphatic heterocycles. The third kappa shape index (κ3) is 3.24. The Morgan fingerprint density at radius 1 is 1.32 bits per heavy atom. The number of hydrogen-bond acceptors (Lipinski definition) is 3. The van der Waals surface area contributed by atoms with Crippen molar-refractivity contribution in [1.82, 2.24) is 4.90 Å². The van der Waals surface area contributed by atoms with Crippen LogP contribution < -0.4 is 0 Å².